The topological polar surface area (TPSA) is 37.4 Å². The molecule has 4 nitrogen and oxygen atoms in total. The second-order valence-corrected chi connectivity index (χ2v) is 9.54. The van der Waals surface area contributed by atoms with Crippen LogP contribution in [0, 0.1) is 11.3 Å². The Morgan fingerprint density at radius 1 is 1.14 bits per heavy atom. The summed E-state index contributed by atoms with van der Waals surface area (Å²) in [6.45, 7) is 5.21. The molecule has 2 saturated carbocycles. The Balaban J connectivity index is 0.00000192. The van der Waals surface area contributed by atoms with Crippen molar-refractivity contribution < 1.29 is 4.74 Å². The zero-order valence-corrected chi connectivity index (χ0v) is 17.9. The second kappa shape index (κ2) is 8.70. The van der Waals surface area contributed by atoms with Gasteiger partial charge in [-0.3, -0.25) is 4.90 Å². The highest BCUT2D eigenvalue weighted by molar-refractivity contribution is 7.09. The fraction of sp³-hybridized carbons (Fsp3) is 0.591. The first-order valence-electron chi connectivity index (χ1n) is 10.4. The summed E-state index contributed by atoms with van der Waals surface area (Å²) in [5.41, 5.74) is 1.93. The number of hydrogen-bond acceptors (Lipinski definition) is 5. The Morgan fingerprint density at radius 3 is 2.61 bits per heavy atom. The molecule has 3 aliphatic rings. The lowest BCUT2D eigenvalue weighted by Gasteiger charge is -2.29. The Bertz CT molecular complexity index is 742. The summed E-state index contributed by atoms with van der Waals surface area (Å²) in [6, 6.07) is 9.48. The highest BCUT2D eigenvalue weighted by Gasteiger charge is 2.56. The van der Waals surface area contributed by atoms with Crippen LogP contribution in [0.25, 0.3) is 0 Å². The van der Waals surface area contributed by atoms with E-state index in [1.165, 1.54) is 55.8 Å². The average Bonchev–Trinajstić information content (AvgIpc) is 3.60. The van der Waals surface area contributed by atoms with E-state index in [0.29, 0.717) is 11.5 Å². The quantitative estimate of drug-likeness (QED) is 0.683. The van der Waals surface area contributed by atoms with Gasteiger partial charge in [0.05, 0.1) is 13.2 Å². The summed E-state index contributed by atoms with van der Waals surface area (Å²) in [5, 5.41) is 6.84. The third-order valence-corrected chi connectivity index (χ3v) is 7.26. The molecule has 28 heavy (non-hydrogen) atoms. The SMILES string of the molecule is Cl.c1csc(CN(Cc2ccc(OCC3CC3)cc2)C2CC23CCNCC3)n1. The lowest BCUT2D eigenvalue weighted by Crippen LogP contribution is -2.35. The largest absolute Gasteiger partial charge is 0.493 e. The van der Waals surface area contributed by atoms with Crippen LogP contribution in [0.4, 0.5) is 0 Å². The normalized spacial score (nSPS) is 22.8. The molecule has 3 fully saturated rings. The van der Waals surface area contributed by atoms with Gasteiger partial charge in [0.2, 0.25) is 0 Å². The molecule has 1 atom stereocenters. The number of nitrogens with one attached hydrogen (secondary N) is 1. The van der Waals surface area contributed by atoms with E-state index in [-0.39, 0.29) is 12.4 Å². The number of thiazole rings is 1. The van der Waals surface area contributed by atoms with E-state index in [9.17, 15) is 0 Å². The summed E-state index contributed by atoms with van der Waals surface area (Å²) in [6.07, 6.45) is 8.59. The molecule has 152 valence electrons. The van der Waals surface area contributed by atoms with E-state index in [1.54, 1.807) is 11.3 Å². The minimum absolute atomic E-state index is 0. The molecule has 1 aromatic heterocycles. The van der Waals surface area contributed by atoms with E-state index < -0.39 is 0 Å². The van der Waals surface area contributed by atoms with Crippen molar-refractivity contribution in [2.75, 3.05) is 19.7 Å². The number of ether oxygens (including phenoxy) is 1. The molecule has 1 aromatic carbocycles. The van der Waals surface area contributed by atoms with Crippen LogP contribution >= 0.6 is 23.7 Å². The average molecular weight is 420 g/mol. The van der Waals surface area contributed by atoms with Crippen molar-refractivity contribution in [1.29, 1.82) is 0 Å². The zero-order chi connectivity index (χ0) is 18.1. The maximum Gasteiger partial charge on any atom is 0.119 e. The van der Waals surface area contributed by atoms with Gasteiger partial charge in [0, 0.05) is 24.2 Å². The molecule has 1 aliphatic heterocycles. The van der Waals surface area contributed by atoms with Gasteiger partial charge in [-0.2, -0.15) is 0 Å². The Labute approximate surface area is 178 Å². The molecule has 1 saturated heterocycles. The van der Waals surface area contributed by atoms with Crippen molar-refractivity contribution in [3.8, 4) is 5.75 Å². The lowest BCUT2D eigenvalue weighted by molar-refractivity contribution is 0.188. The van der Waals surface area contributed by atoms with Gasteiger partial charge in [0.1, 0.15) is 10.8 Å². The van der Waals surface area contributed by atoms with Crippen LogP contribution in [-0.4, -0.2) is 35.6 Å². The molecule has 6 heteroatoms. The van der Waals surface area contributed by atoms with Gasteiger partial charge in [-0.25, -0.2) is 4.98 Å². The second-order valence-electron chi connectivity index (χ2n) is 8.56. The van der Waals surface area contributed by atoms with Crippen LogP contribution in [0.1, 0.15) is 42.7 Å². The van der Waals surface area contributed by atoms with Crippen molar-refractivity contribution in [1.82, 2.24) is 15.2 Å². The highest BCUT2D eigenvalue weighted by atomic mass is 35.5. The van der Waals surface area contributed by atoms with Crippen LogP contribution in [0.5, 0.6) is 5.75 Å². The summed E-state index contributed by atoms with van der Waals surface area (Å²) < 4.78 is 5.90. The van der Waals surface area contributed by atoms with E-state index in [4.69, 9.17) is 4.74 Å². The van der Waals surface area contributed by atoms with Crippen LogP contribution < -0.4 is 10.1 Å². The number of benzene rings is 1. The zero-order valence-electron chi connectivity index (χ0n) is 16.3. The molecule has 1 spiro atoms. The number of aromatic nitrogens is 1. The number of nitrogens with zero attached hydrogens (tertiary/aromatic N) is 2. The number of halogens is 1. The maximum atomic E-state index is 5.90. The predicted molar refractivity (Wildman–Crippen MR) is 116 cm³/mol. The number of piperidine rings is 1. The molecule has 5 rings (SSSR count). The van der Waals surface area contributed by atoms with E-state index in [2.05, 4.69) is 44.8 Å². The highest BCUT2D eigenvalue weighted by Crippen LogP contribution is 2.56. The molecule has 1 N–H and O–H groups in total. The Morgan fingerprint density at radius 2 is 1.93 bits per heavy atom. The molecule has 2 aromatic rings. The molecule has 2 aliphatic carbocycles. The summed E-state index contributed by atoms with van der Waals surface area (Å²) in [4.78, 5) is 7.22. The standard InChI is InChI=1S/C22H29N3OS.ClH/c1-2-18(1)16-26-19-5-3-17(4-6-19)14-25(15-21-24-11-12-27-21)20-13-22(20)7-9-23-10-8-22;/h3-6,11-12,18,20,23H,1-2,7-10,13-16H2;1H. The Kier molecular flexibility index (Phi) is 6.26. The first-order valence-corrected chi connectivity index (χ1v) is 11.2. The van der Waals surface area contributed by atoms with Crippen LogP contribution in [0.15, 0.2) is 35.8 Å². The van der Waals surface area contributed by atoms with Gasteiger partial charge in [0.15, 0.2) is 0 Å². The van der Waals surface area contributed by atoms with Crippen molar-refractivity contribution in [3.63, 3.8) is 0 Å². The summed E-state index contributed by atoms with van der Waals surface area (Å²) in [7, 11) is 0. The van der Waals surface area contributed by atoms with Crippen molar-refractivity contribution in [3.05, 3.63) is 46.4 Å². The minimum Gasteiger partial charge on any atom is -0.493 e. The van der Waals surface area contributed by atoms with E-state index in [1.807, 2.05) is 6.20 Å². The molecule has 2 heterocycles. The van der Waals surface area contributed by atoms with E-state index >= 15 is 0 Å². The molecule has 0 bridgehead atoms. The summed E-state index contributed by atoms with van der Waals surface area (Å²) >= 11 is 1.77. The van der Waals surface area contributed by atoms with Crippen LogP contribution in [0.3, 0.4) is 0 Å². The third kappa shape index (κ3) is 4.70. The van der Waals surface area contributed by atoms with Crippen molar-refractivity contribution >= 4 is 23.7 Å². The molecular formula is C22H30ClN3OS. The molecule has 0 radical (unpaired) electrons. The van der Waals surface area contributed by atoms with Gasteiger partial charge in [-0.1, -0.05) is 12.1 Å². The first-order chi connectivity index (χ1) is 13.3. The van der Waals surface area contributed by atoms with Gasteiger partial charge in [-0.05, 0) is 74.2 Å². The molecule has 0 amide bonds. The fourth-order valence-electron chi connectivity index (χ4n) is 4.51. The predicted octanol–water partition coefficient (Wildman–Crippen LogP) is 4.50. The Hall–Kier alpha value is -1.14. The van der Waals surface area contributed by atoms with Crippen molar-refractivity contribution in [2.45, 2.75) is 51.2 Å². The lowest BCUT2D eigenvalue weighted by atomic mass is 9.93. The summed E-state index contributed by atoms with van der Waals surface area (Å²) in [5.74, 6) is 1.81. The van der Waals surface area contributed by atoms with Gasteiger partial charge < -0.3 is 10.1 Å². The van der Waals surface area contributed by atoms with Gasteiger partial charge in [-0.15, -0.1) is 23.7 Å². The monoisotopic (exact) mass is 419 g/mol. The number of rotatable bonds is 8. The van der Waals surface area contributed by atoms with E-state index in [0.717, 1.165) is 31.4 Å². The third-order valence-electron chi connectivity index (χ3n) is 6.50. The van der Waals surface area contributed by atoms with Gasteiger partial charge in [0.25, 0.3) is 0 Å². The smallest absolute Gasteiger partial charge is 0.119 e. The maximum absolute atomic E-state index is 5.90. The fourth-order valence-corrected chi connectivity index (χ4v) is 5.15. The first kappa shape index (κ1) is 20.1. The van der Waals surface area contributed by atoms with Crippen molar-refractivity contribution in [2.24, 2.45) is 11.3 Å². The van der Waals surface area contributed by atoms with Crippen LogP contribution in [0.2, 0.25) is 0 Å². The molecule has 1 unspecified atom stereocenters. The van der Waals surface area contributed by atoms with Crippen LogP contribution in [-0.2, 0) is 13.1 Å². The molecular weight excluding hydrogens is 390 g/mol. The number of hydrogen-bond donors (Lipinski definition) is 1. The van der Waals surface area contributed by atoms with Gasteiger partial charge >= 0.3 is 0 Å². The minimum atomic E-state index is 0.